The van der Waals surface area contributed by atoms with Gasteiger partial charge in [0.2, 0.25) is 0 Å². The van der Waals surface area contributed by atoms with Gasteiger partial charge in [0.1, 0.15) is 0 Å². The Kier molecular flexibility index (Phi) is 5.60. The zero-order chi connectivity index (χ0) is 17.6. The van der Waals surface area contributed by atoms with Crippen molar-refractivity contribution in [3.8, 4) is 0 Å². The lowest BCUT2D eigenvalue weighted by Crippen LogP contribution is -2.34. The third kappa shape index (κ3) is 4.31. The van der Waals surface area contributed by atoms with Crippen molar-refractivity contribution in [3.05, 3.63) is 83.9 Å². The maximum atomic E-state index is 6.14. The van der Waals surface area contributed by atoms with Crippen LogP contribution in [0, 0.1) is 0 Å². The first-order chi connectivity index (χ1) is 12.9. The standard InChI is InChI=1S/C23H25NO2/c1-2-7-19(8-3-1)17-26-22-16-24(13-14-25-18-22)15-21-11-6-10-20-9-4-5-12-23(20)21/h1-12,22H,13-18H2. The Morgan fingerprint density at radius 1 is 0.923 bits per heavy atom. The summed E-state index contributed by atoms with van der Waals surface area (Å²) in [6, 6.07) is 25.5. The normalized spacial score (nSPS) is 18.7. The second-order valence-electron chi connectivity index (χ2n) is 6.87. The van der Waals surface area contributed by atoms with Crippen LogP contribution in [0.5, 0.6) is 0 Å². The fourth-order valence-electron chi connectivity index (χ4n) is 3.54. The summed E-state index contributed by atoms with van der Waals surface area (Å²) in [5, 5.41) is 2.63. The highest BCUT2D eigenvalue weighted by Crippen LogP contribution is 2.21. The Bertz CT molecular complexity index is 828. The first-order valence-corrected chi connectivity index (χ1v) is 9.31. The minimum absolute atomic E-state index is 0.104. The number of hydrogen-bond acceptors (Lipinski definition) is 3. The summed E-state index contributed by atoms with van der Waals surface area (Å²) in [6.45, 7) is 4.83. The number of benzene rings is 3. The summed E-state index contributed by atoms with van der Waals surface area (Å²) in [5.74, 6) is 0. The molecule has 0 amide bonds. The summed E-state index contributed by atoms with van der Waals surface area (Å²) >= 11 is 0. The molecule has 3 nitrogen and oxygen atoms in total. The SMILES string of the molecule is c1ccc(COC2COCCN(Cc3cccc4ccccc34)C2)cc1. The smallest absolute Gasteiger partial charge is 0.0939 e. The van der Waals surface area contributed by atoms with Crippen LogP contribution < -0.4 is 0 Å². The molecule has 1 unspecified atom stereocenters. The predicted molar refractivity (Wildman–Crippen MR) is 105 cm³/mol. The van der Waals surface area contributed by atoms with Gasteiger partial charge in [-0.1, -0.05) is 72.8 Å². The molecule has 0 saturated carbocycles. The second kappa shape index (κ2) is 8.45. The molecule has 1 saturated heterocycles. The van der Waals surface area contributed by atoms with E-state index >= 15 is 0 Å². The van der Waals surface area contributed by atoms with Crippen LogP contribution in [0.25, 0.3) is 10.8 Å². The van der Waals surface area contributed by atoms with E-state index in [0.717, 1.165) is 26.2 Å². The van der Waals surface area contributed by atoms with Gasteiger partial charge in [0.25, 0.3) is 0 Å². The van der Waals surface area contributed by atoms with Crippen molar-refractivity contribution in [1.29, 1.82) is 0 Å². The Hall–Kier alpha value is -2.20. The van der Waals surface area contributed by atoms with Crippen molar-refractivity contribution in [3.63, 3.8) is 0 Å². The molecule has 0 N–H and O–H groups in total. The quantitative estimate of drug-likeness (QED) is 0.688. The molecule has 0 radical (unpaired) electrons. The van der Waals surface area contributed by atoms with Crippen LogP contribution >= 0.6 is 0 Å². The topological polar surface area (TPSA) is 21.7 Å². The summed E-state index contributed by atoms with van der Waals surface area (Å²) in [6.07, 6.45) is 0.104. The van der Waals surface area contributed by atoms with Crippen molar-refractivity contribution in [2.45, 2.75) is 19.3 Å². The van der Waals surface area contributed by atoms with E-state index in [1.807, 2.05) is 6.07 Å². The van der Waals surface area contributed by atoms with E-state index in [4.69, 9.17) is 9.47 Å². The van der Waals surface area contributed by atoms with Crippen LogP contribution in [0.3, 0.4) is 0 Å². The van der Waals surface area contributed by atoms with E-state index in [1.54, 1.807) is 0 Å². The van der Waals surface area contributed by atoms with Crippen molar-refractivity contribution < 1.29 is 9.47 Å². The minimum atomic E-state index is 0.104. The summed E-state index contributed by atoms with van der Waals surface area (Å²) < 4.78 is 11.9. The molecule has 26 heavy (non-hydrogen) atoms. The van der Waals surface area contributed by atoms with Crippen molar-refractivity contribution in [2.75, 3.05) is 26.3 Å². The summed E-state index contributed by atoms with van der Waals surface area (Å²) in [5.41, 5.74) is 2.57. The molecule has 0 aromatic heterocycles. The molecule has 0 aliphatic carbocycles. The van der Waals surface area contributed by atoms with Gasteiger partial charge in [-0.25, -0.2) is 0 Å². The number of fused-ring (bicyclic) bond motifs is 1. The molecule has 4 rings (SSSR count). The zero-order valence-electron chi connectivity index (χ0n) is 15.0. The molecular formula is C23H25NO2. The Morgan fingerprint density at radius 2 is 1.73 bits per heavy atom. The first kappa shape index (κ1) is 17.2. The van der Waals surface area contributed by atoms with Gasteiger partial charge in [-0.15, -0.1) is 0 Å². The number of nitrogens with zero attached hydrogens (tertiary/aromatic N) is 1. The van der Waals surface area contributed by atoms with Gasteiger partial charge in [0, 0.05) is 19.6 Å². The number of hydrogen-bond donors (Lipinski definition) is 0. The predicted octanol–water partition coefficient (Wildman–Crippen LogP) is 4.26. The zero-order valence-corrected chi connectivity index (χ0v) is 15.0. The van der Waals surface area contributed by atoms with Crippen LogP contribution in [0.2, 0.25) is 0 Å². The Morgan fingerprint density at radius 3 is 2.65 bits per heavy atom. The van der Waals surface area contributed by atoms with E-state index in [2.05, 4.69) is 71.6 Å². The average Bonchev–Trinajstić information content (AvgIpc) is 2.93. The fourth-order valence-corrected chi connectivity index (χ4v) is 3.54. The Balaban J connectivity index is 1.42. The average molecular weight is 347 g/mol. The van der Waals surface area contributed by atoms with Gasteiger partial charge in [0.15, 0.2) is 0 Å². The van der Waals surface area contributed by atoms with E-state index in [0.29, 0.717) is 13.2 Å². The van der Waals surface area contributed by atoms with E-state index < -0.39 is 0 Å². The molecule has 1 atom stereocenters. The van der Waals surface area contributed by atoms with Gasteiger partial charge >= 0.3 is 0 Å². The van der Waals surface area contributed by atoms with Crippen LogP contribution in [-0.2, 0) is 22.6 Å². The van der Waals surface area contributed by atoms with Crippen LogP contribution in [0.15, 0.2) is 72.8 Å². The highest BCUT2D eigenvalue weighted by Gasteiger charge is 2.20. The maximum Gasteiger partial charge on any atom is 0.0939 e. The highest BCUT2D eigenvalue weighted by molar-refractivity contribution is 5.85. The summed E-state index contributed by atoms with van der Waals surface area (Å²) in [7, 11) is 0. The third-order valence-electron chi connectivity index (χ3n) is 4.92. The lowest BCUT2D eigenvalue weighted by molar-refractivity contribution is -0.0155. The lowest BCUT2D eigenvalue weighted by Gasteiger charge is -2.24. The van der Waals surface area contributed by atoms with Gasteiger partial charge in [-0.05, 0) is 21.9 Å². The first-order valence-electron chi connectivity index (χ1n) is 9.31. The van der Waals surface area contributed by atoms with Crippen LogP contribution in [0.1, 0.15) is 11.1 Å². The number of ether oxygens (including phenoxy) is 2. The Labute approximate surface area is 155 Å². The molecule has 3 heteroatoms. The molecule has 1 fully saturated rings. The molecule has 0 spiro atoms. The van der Waals surface area contributed by atoms with E-state index in [9.17, 15) is 0 Å². The third-order valence-corrected chi connectivity index (χ3v) is 4.92. The van der Waals surface area contributed by atoms with Crippen molar-refractivity contribution in [1.82, 2.24) is 4.90 Å². The monoisotopic (exact) mass is 347 g/mol. The van der Waals surface area contributed by atoms with Crippen molar-refractivity contribution in [2.24, 2.45) is 0 Å². The largest absolute Gasteiger partial charge is 0.377 e. The van der Waals surface area contributed by atoms with E-state index in [-0.39, 0.29) is 6.10 Å². The summed E-state index contributed by atoms with van der Waals surface area (Å²) in [4.78, 5) is 2.45. The van der Waals surface area contributed by atoms with Crippen LogP contribution in [0.4, 0.5) is 0 Å². The molecule has 0 bridgehead atoms. The lowest BCUT2D eigenvalue weighted by atomic mass is 10.0. The van der Waals surface area contributed by atoms with E-state index in [1.165, 1.54) is 21.9 Å². The fraction of sp³-hybridized carbons (Fsp3) is 0.304. The molecular weight excluding hydrogens is 322 g/mol. The van der Waals surface area contributed by atoms with Crippen LogP contribution in [-0.4, -0.2) is 37.3 Å². The van der Waals surface area contributed by atoms with Gasteiger partial charge in [-0.3, -0.25) is 4.90 Å². The molecule has 1 aliphatic rings. The van der Waals surface area contributed by atoms with Crippen molar-refractivity contribution >= 4 is 10.8 Å². The molecule has 134 valence electrons. The maximum absolute atomic E-state index is 6.14. The molecule has 1 aliphatic heterocycles. The second-order valence-corrected chi connectivity index (χ2v) is 6.87. The van der Waals surface area contributed by atoms with Gasteiger partial charge < -0.3 is 9.47 Å². The number of rotatable bonds is 5. The highest BCUT2D eigenvalue weighted by atomic mass is 16.5. The van der Waals surface area contributed by atoms with Gasteiger partial charge in [0.05, 0.1) is 25.9 Å². The molecule has 3 aromatic carbocycles. The molecule has 1 heterocycles. The molecule has 3 aromatic rings. The van der Waals surface area contributed by atoms with Gasteiger partial charge in [-0.2, -0.15) is 0 Å². The minimum Gasteiger partial charge on any atom is -0.377 e.